The van der Waals surface area contributed by atoms with Gasteiger partial charge in [-0.1, -0.05) is 33.6 Å². The summed E-state index contributed by atoms with van der Waals surface area (Å²) in [4.78, 5) is 0. The number of hydrogen-bond donors (Lipinski definition) is 2. The molecule has 1 aliphatic rings. The summed E-state index contributed by atoms with van der Waals surface area (Å²) in [6.45, 7) is 10.0. The van der Waals surface area contributed by atoms with Crippen molar-refractivity contribution in [3.8, 4) is 0 Å². The Morgan fingerprint density at radius 2 is 1.75 bits per heavy atom. The van der Waals surface area contributed by atoms with E-state index in [-0.39, 0.29) is 0 Å². The van der Waals surface area contributed by atoms with E-state index in [1.54, 1.807) is 0 Å². The Balaban J connectivity index is 2.32. The molecule has 0 spiro atoms. The van der Waals surface area contributed by atoms with Crippen LogP contribution in [0, 0.1) is 10.8 Å². The molecule has 1 saturated carbocycles. The van der Waals surface area contributed by atoms with E-state index in [0.29, 0.717) is 10.8 Å². The smallest absolute Gasteiger partial charge is 0.00199 e. The van der Waals surface area contributed by atoms with Crippen molar-refractivity contribution in [2.45, 2.75) is 59.3 Å². The molecule has 0 heterocycles. The van der Waals surface area contributed by atoms with Crippen LogP contribution in [0.4, 0.5) is 0 Å². The predicted octanol–water partition coefficient (Wildman–Crippen LogP) is 2.92. The van der Waals surface area contributed by atoms with Gasteiger partial charge in [0.15, 0.2) is 0 Å². The van der Waals surface area contributed by atoms with Crippen LogP contribution in [-0.4, -0.2) is 19.6 Å². The highest BCUT2D eigenvalue weighted by atomic mass is 14.9. The van der Waals surface area contributed by atoms with Gasteiger partial charge in [-0.15, -0.1) is 0 Å². The lowest BCUT2D eigenvalue weighted by Crippen LogP contribution is -2.42. The van der Waals surface area contributed by atoms with E-state index in [2.05, 4.69) is 26.1 Å². The number of hydrogen-bond acceptors (Lipinski definition) is 2. The summed E-state index contributed by atoms with van der Waals surface area (Å²) in [5.74, 6) is 0. The van der Waals surface area contributed by atoms with Crippen LogP contribution in [0.1, 0.15) is 59.3 Å². The van der Waals surface area contributed by atoms with Crippen LogP contribution in [0.3, 0.4) is 0 Å². The lowest BCUT2D eigenvalue weighted by atomic mass is 9.81. The van der Waals surface area contributed by atoms with Gasteiger partial charge in [-0.2, -0.15) is 0 Å². The summed E-state index contributed by atoms with van der Waals surface area (Å²) in [7, 11) is 0. The molecule has 0 aromatic heterocycles. The Hall–Kier alpha value is -0.0800. The number of rotatable bonds is 7. The summed E-state index contributed by atoms with van der Waals surface area (Å²) in [5.41, 5.74) is 6.80. The maximum atomic E-state index is 5.92. The van der Waals surface area contributed by atoms with Gasteiger partial charge in [-0.05, 0) is 43.1 Å². The molecule has 3 N–H and O–H groups in total. The van der Waals surface area contributed by atoms with E-state index in [1.165, 1.54) is 45.1 Å². The lowest BCUT2D eigenvalue weighted by molar-refractivity contribution is 0.231. The van der Waals surface area contributed by atoms with Crippen molar-refractivity contribution in [1.29, 1.82) is 0 Å². The van der Waals surface area contributed by atoms with E-state index in [4.69, 9.17) is 5.73 Å². The van der Waals surface area contributed by atoms with Gasteiger partial charge in [-0.3, -0.25) is 0 Å². The highest BCUT2D eigenvalue weighted by molar-refractivity contribution is 4.85. The van der Waals surface area contributed by atoms with Crippen LogP contribution in [0.5, 0.6) is 0 Å². The zero-order valence-corrected chi connectivity index (χ0v) is 11.4. The van der Waals surface area contributed by atoms with Crippen molar-refractivity contribution >= 4 is 0 Å². The van der Waals surface area contributed by atoms with Gasteiger partial charge < -0.3 is 11.1 Å². The average Bonchev–Trinajstić information content (AvgIpc) is 2.73. The third kappa shape index (κ3) is 3.46. The third-order valence-corrected chi connectivity index (χ3v) is 4.80. The highest BCUT2D eigenvalue weighted by Gasteiger charge is 2.30. The third-order valence-electron chi connectivity index (χ3n) is 4.80. The monoisotopic (exact) mass is 226 g/mol. The van der Waals surface area contributed by atoms with Crippen LogP contribution in [0.25, 0.3) is 0 Å². The molecule has 0 saturated heterocycles. The first kappa shape index (κ1) is 14.0. The quantitative estimate of drug-likeness (QED) is 0.700. The summed E-state index contributed by atoms with van der Waals surface area (Å²) < 4.78 is 0. The van der Waals surface area contributed by atoms with Crippen LogP contribution in [0.15, 0.2) is 0 Å². The average molecular weight is 226 g/mol. The van der Waals surface area contributed by atoms with E-state index < -0.39 is 0 Å². The molecule has 0 radical (unpaired) electrons. The maximum Gasteiger partial charge on any atom is 0.00199 e. The van der Waals surface area contributed by atoms with Crippen molar-refractivity contribution in [2.75, 3.05) is 19.6 Å². The van der Waals surface area contributed by atoms with E-state index in [9.17, 15) is 0 Å². The molecule has 2 nitrogen and oxygen atoms in total. The SMILES string of the molecule is CCC(CC)(CN)CNCC1(C)CCCC1. The van der Waals surface area contributed by atoms with E-state index in [1.807, 2.05) is 0 Å². The van der Waals surface area contributed by atoms with E-state index in [0.717, 1.165) is 13.1 Å². The molecule has 1 rings (SSSR count). The number of nitrogens with two attached hydrogens (primary N) is 1. The Morgan fingerprint density at radius 3 is 2.19 bits per heavy atom. The van der Waals surface area contributed by atoms with Crippen LogP contribution in [-0.2, 0) is 0 Å². The lowest BCUT2D eigenvalue weighted by Gasteiger charge is -2.33. The topological polar surface area (TPSA) is 38.0 Å². The first-order chi connectivity index (χ1) is 7.60. The molecule has 0 aliphatic heterocycles. The molecule has 2 heteroatoms. The first-order valence-electron chi connectivity index (χ1n) is 7.00. The van der Waals surface area contributed by atoms with Gasteiger partial charge in [0.05, 0.1) is 0 Å². The predicted molar refractivity (Wildman–Crippen MR) is 71.5 cm³/mol. The molecular weight excluding hydrogens is 196 g/mol. The minimum atomic E-state index is 0.328. The second kappa shape index (κ2) is 6.02. The summed E-state index contributed by atoms with van der Waals surface area (Å²) >= 11 is 0. The molecule has 0 amide bonds. The largest absolute Gasteiger partial charge is 0.330 e. The summed E-state index contributed by atoms with van der Waals surface area (Å²) in [5, 5.41) is 3.68. The fourth-order valence-electron chi connectivity index (χ4n) is 2.90. The molecule has 0 aromatic carbocycles. The fraction of sp³-hybridized carbons (Fsp3) is 1.00. The molecular formula is C14H30N2. The Kier molecular flexibility index (Phi) is 5.26. The van der Waals surface area contributed by atoms with Gasteiger partial charge in [-0.25, -0.2) is 0 Å². The van der Waals surface area contributed by atoms with Crippen molar-refractivity contribution < 1.29 is 0 Å². The normalized spacial score (nSPS) is 20.2. The van der Waals surface area contributed by atoms with Crippen LogP contribution < -0.4 is 11.1 Å². The summed E-state index contributed by atoms with van der Waals surface area (Å²) in [6.07, 6.45) is 8.00. The van der Waals surface area contributed by atoms with Crippen molar-refractivity contribution in [2.24, 2.45) is 16.6 Å². The number of nitrogens with one attached hydrogen (secondary N) is 1. The molecule has 0 unspecified atom stereocenters. The van der Waals surface area contributed by atoms with Crippen molar-refractivity contribution in [3.63, 3.8) is 0 Å². The van der Waals surface area contributed by atoms with Gasteiger partial charge in [0.1, 0.15) is 0 Å². The second-order valence-electron chi connectivity index (χ2n) is 6.03. The maximum absolute atomic E-state index is 5.92. The Labute approximate surface area is 101 Å². The first-order valence-corrected chi connectivity index (χ1v) is 7.00. The van der Waals surface area contributed by atoms with Crippen LogP contribution >= 0.6 is 0 Å². The Morgan fingerprint density at radius 1 is 1.19 bits per heavy atom. The van der Waals surface area contributed by atoms with Gasteiger partial charge in [0.25, 0.3) is 0 Å². The zero-order valence-electron chi connectivity index (χ0n) is 11.4. The molecule has 1 fully saturated rings. The van der Waals surface area contributed by atoms with Gasteiger partial charge >= 0.3 is 0 Å². The molecule has 0 bridgehead atoms. The van der Waals surface area contributed by atoms with Gasteiger partial charge in [0.2, 0.25) is 0 Å². The second-order valence-corrected chi connectivity index (χ2v) is 6.03. The standard InChI is InChI=1S/C14H30N2/c1-4-14(5-2,10-15)12-16-11-13(3)8-6-7-9-13/h16H,4-12,15H2,1-3H3. The molecule has 1 aliphatic carbocycles. The molecule has 96 valence electrons. The van der Waals surface area contributed by atoms with Crippen molar-refractivity contribution in [3.05, 3.63) is 0 Å². The zero-order chi connectivity index (χ0) is 12.1. The van der Waals surface area contributed by atoms with E-state index >= 15 is 0 Å². The molecule has 0 atom stereocenters. The van der Waals surface area contributed by atoms with Gasteiger partial charge in [0, 0.05) is 13.1 Å². The minimum absolute atomic E-state index is 0.328. The molecule has 16 heavy (non-hydrogen) atoms. The van der Waals surface area contributed by atoms with Crippen molar-refractivity contribution in [1.82, 2.24) is 5.32 Å². The fourth-order valence-corrected chi connectivity index (χ4v) is 2.90. The van der Waals surface area contributed by atoms with Crippen LogP contribution in [0.2, 0.25) is 0 Å². The summed E-state index contributed by atoms with van der Waals surface area (Å²) in [6, 6.07) is 0. The Bertz CT molecular complexity index is 183. The minimum Gasteiger partial charge on any atom is -0.330 e. The highest BCUT2D eigenvalue weighted by Crippen LogP contribution is 2.37. The molecule has 0 aromatic rings.